The van der Waals surface area contributed by atoms with Gasteiger partial charge in [0.2, 0.25) is 0 Å². The number of rotatable bonds is 6. The molecule has 10 heteroatoms. The van der Waals surface area contributed by atoms with Gasteiger partial charge in [-0.05, 0) is 0 Å². The van der Waals surface area contributed by atoms with Crippen LogP contribution < -0.4 is 14.8 Å². The lowest BCUT2D eigenvalue weighted by molar-refractivity contribution is -0.112. The molecule has 4 aromatic rings. The summed E-state index contributed by atoms with van der Waals surface area (Å²) in [5, 5.41) is 18.1. The minimum atomic E-state index is -0.295. The molecule has 0 radical (unpaired) electrons. The van der Waals surface area contributed by atoms with Crippen LogP contribution in [0.15, 0.2) is 64.5 Å². The van der Waals surface area contributed by atoms with Crippen LogP contribution in [-0.4, -0.2) is 46.8 Å². The van der Waals surface area contributed by atoms with Gasteiger partial charge in [0.15, 0.2) is 17.3 Å². The smallest absolute Gasteiger partial charge is 0.255 e. The number of fused-ring (bicyclic) bond motifs is 1. The zero-order valence-electron chi connectivity index (χ0n) is 17.3. The number of aromatic amines is 2. The Balaban J connectivity index is 1.46. The van der Waals surface area contributed by atoms with Gasteiger partial charge in [0.1, 0.15) is 11.4 Å². The number of azo groups is 1. The van der Waals surface area contributed by atoms with Crippen LogP contribution >= 0.6 is 0 Å². The van der Waals surface area contributed by atoms with Gasteiger partial charge < -0.3 is 19.8 Å². The molecule has 0 unspecified atom stereocenters. The van der Waals surface area contributed by atoms with Gasteiger partial charge in [0.25, 0.3) is 5.91 Å². The molecule has 160 valence electrons. The Morgan fingerprint density at radius 3 is 2.66 bits per heavy atom. The van der Waals surface area contributed by atoms with E-state index in [4.69, 9.17) is 9.47 Å². The highest BCUT2D eigenvalue weighted by Gasteiger charge is 2.23. The molecule has 0 saturated heterocycles. The summed E-state index contributed by atoms with van der Waals surface area (Å²) in [6.07, 6.45) is 1.54. The zero-order valence-corrected chi connectivity index (χ0v) is 17.3. The molecule has 0 atom stereocenters. The predicted octanol–water partition coefficient (Wildman–Crippen LogP) is 3.79. The molecule has 1 aliphatic rings. The summed E-state index contributed by atoms with van der Waals surface area (Å²) in [6.45, 7) is 0.216. The summed E-state index contributed by atoms with van der Waals surface area (Å²) in [5.74, 6) is 1.38. The zero-order chi connectivity index (χ0) is 22.1. The van der Waals surface area contributed by atoms with Crippen LogP contribution in [0.4, 0.5) is 5.69 Å². The summed E-state index contributed by atoms with van der Waals surface area (Å²) in [4.78, 5) is 20.9. The fraction of sp³-hybridized carbons (Fsp3) is 0.136. The van der Waals surface area contributed by atoms with Gasteiger partial charge >= 0.3 is 0 Å². The van der Waals surface area contributed by atoms with Crippen molar-refractivity contribution in [1.29, 1.82) is 0 Å². The number of carbonyl (C=O) groups is 1. The van der Waals surface area contributed by atoms with Crippen molar-refractivity contribution in [2.75, 3.05) is 26.1 Å². The first kappa shape index (κ1) is 19.5. The molecule has 1 aliphatic heterocycles. The van der Waals surface area contributed by atoms with E-state index in [0.29, 0.717) is 45.5 Å². The number of methoxy groups -OCH3 is 2. The number of carbonyl (C=O) groups excluding carboxylic acids is 1. The number of H-pyrrole nitrogens is 2. The Labute approximate surface area is 182 Å². The number of benzene rings is 2. The first-order valence-electron chi connectivity index (χ1n) is 9.81. The SMILES string of the molecule is COc1cc2nc(-c3[nH]ncc3NC(=O)C3=C(c4ccccc4)N=NC3)[nH]c2cc1OC. The molecule has 32 heavy (non-hydrogen) atoms. The fourth-order valence-electron chi connectivity index (χ4n) is 3.53. The van der Waals surface area contributed by atoms with E-state index < -0.39 is 0 Å². The number of nitrogens with one attached hydrogen (secondary N) is 3. The van der Waals surface area contributed by atoms with E-state index in [2.05, 4.69) is 35.7 Å². The lowest BCUT2D eigenvalue weighted by Crippen LogP contribution is -2.16. The molecular formula is C22H19N7O3. The van der Waals surface area contributed by atoms with Crippen LogP contribution in [0.25, 0.3) is 28.2 Å². The van der Waals surface area contributed by atoms with Gasteiger partial charge in [0.05, 0.1) is 49.3 Å². The van der Waals surface area contributed by atoms with Crippen LogP contribution in [-0.2, 0) is 4.79 Å². The second-order valence-electron chi connectivity index (χ2n) is 7.02. The second kappa shape index (κ2) is 7.99. The maximum absolute atomic E-state index is 13.0. The molecule has 2 aromatic heterocycles. The van der Waals surface area contributed by atoms with Crippen LogP contribution in [0, 0.1) is 0 Å². The number of amides is 1. The number of imidazole rings is 1. The molecule has 0 aliphatic carbocycles. The van der Waals surface area contributed by atoms with Crippen molar-refractivity contribution in [1.82, 2.24) is 20.2 Å². The van der Waals surface area contributed by atoms with Crippen LogP contribution in [0.5, 0.6) is 11.5 Å². The lowest BCUT2D eigenvalue weighted by atomic mass is 10.1. The van der Waals surface area contributed by atoms with Gasteiger partial charge in [-0.2, -0.15) is 15.3 Å². The number of ether oxygens (including phenoxy) is 2. The molecule has 3 heterocycles. The Hall–Kier alpha value is -4.47. The van der Waals surface area contributed by atoms with E-state index in [9.17, 15) is 4.79 Å². The maximum atomic E-state index is 13.0. The van der Waals surface area contributed by atoms with Gasteiger partial charge in [-0.1, -0.05) is 30.3 Å². The summed E-state index contributed by atoms with van der Waals surface area (Å²) in [5.41, 5.74) is 4.37. The average Bonchev–Trinajstić information content (AvgIpc) is 3.57. The second-order valence-corrected chi connectivity index (χ2v) is 7.02. The van der Waals surface area contributed by atoms with Crippen molar-refractivity contribution in [2.45, 2.75) is 0 Å². The van der Waals surface area contributed by atoms with E-state index in [-0.39, 0.29) is 12.5 Å². The summed E-state index contributed by atoms with van der Waals surface area (Å²) in [6, 6.07) is 13.1. The number of anilines is 1. The lowest BCUT2D eigenvalue weighted by Gasteiger charge is -2.07. The van der Waals surface area contributed by atoms with Crippen LogP contribution in [0.3, 0.4) is 0 Å². The normalized spacial score (nSPS) is 13.1. The van der Waals surface area contributed by atoms with Crippen LogP contribution in [0.2, 0.25) is 0 Å². The van der Waals surface area contributed by atoms with Gasteiger partial charge in [0, 0.05) is 17.7 Å². The molecule has 2 aromatic carbocycles. The molecule has 0 saturated carbocycles. The highest BCUT2D eigenvalue weighted by Crippen LogP contribution is 2.34. The standard InChI is InChI=1S/C22H19N7O3/c1-31-17-8-14-15(9-18(17)32-2)26-21(25-14)20-16(11-24-29-20)27-22(30)13-10-23-28-19(13)12-6-4-3-5-7-12/h3-9,11H,10H2,1-2H3,(H,24,29)(H,25,26)(H,27,30). The minimum Gasteiger partial charge on any atom is -0.493 e. The van der Waals surface area contributed by atoms with E-state index in [1.807, 2.05) is 30.3 Å². The third kappa shape index (κ3) is 3.37. The molecule has 0 bridgehead atoms. The number of nitrogens with zero attached hydrogens (tertiary/aromatic N) is 4. The van der Waals surface area contributed by atoms with Crippen molar-refractivity contribution in [3.8, 4) is 23.0 Å². The van der Waals surface area contributed by atoms with Crippen molar-refractivity contribution in [3.63, 3.8) is 0 Å². The predicted molar refractivity (Wildman–Crippen MR) is 118 cm³/mol. The summed E-state index contributed by atoms with van der Waals surface area (Å²) >= 11 is 0. The first-order valence-corrected chi connectivity index (χ1v) is 9.81. The van der Waals surface area contributed by atoms with Crippen molar-refractivity contribution in [2.24, 2.45) is 10.2 Å². The van der Waals surface area contributed by atoms with E-state index >= 15 is 0 Å². The minimum absolute atomic E-state index is 0.216. The number of hydrogen-bond acceptors (Lipinski definition) is 7. The van der Waals surface area contributed by atoms with Crippen molar-refractivity contribution < 1.29 is 14.3 Å². The molecule has 10 nitrogen and oxygen atoms in total. The topological polar surface area (TPSA) is 130 Å². The van der Waals surface area contributed by atoms with E-state index in [0.717, 1.165) is 11.1 Å². The van der Waals surface area contributed by atoms with Gasteiger partial charge in [-0.3, -0.25) is 9.89 Å². The maximum Gasteiger partial charge on any atom is 0.255 e. The molecule has 5 rings (SSSR count). The highest BCUT2D eigenvalue weighted by molar-refractivity contribution is 6.10. The van der Waals surface area contributed by atoms with Gasteiger partial charge in [-0.15, -0.1) is 0 Å². The average molecular weight is 429 g/mol. The number of hydrogen-bond donors (Lipinski definition) is 3. The molecule has 1 amide bonds. The Morgan fingerprint density at radius 1 is 1.09 bits per heavy atom. The summed E-state index contributed by atoms with van der Waals surface area (Å²) in [7, 11) is 3.14. The molecule has 0 spiro atoms. The Morgan fingerprint density at radius 2 is 1.88 bits per heavy atom. The number of aromatic nitrogens is 4. The Bertz CT molecular complexity index is 1330. The third-order valence-electron chi connectivity index (χ3n) is 5.12. The van der Waals surface area contributed by atoms with E-state index in [1.165, 1.54) is 6.20 Å². The van der Waals surface area contributed by atoms with Gasteiger partial charge in [-0.25, -0.2) is 4.98 Å². The summed E-state index contributed by atoms with van der Waals surface area (Å²) < 4.78 is 10.7. The quantitative estimate of drug-likeness (QED) is 0.429. The molecule has 0 fully saturated rings. The van der Waals surface area contributed by atoms with Crippen molar-refractivity contribution >= 4 is 28.3 Å². The highest BCUT2D eigenvalue weighted by atomic mass is 16.5. The van der Waals surface area contributed by atoms with E-state index in [1.54, 1.807) is 26.4 Å². The van der Waals surface area contributed by atoms with Crippen molar-refractivity contribution in [3.05, 3.63) is 59.8 Å². The third-order valence-corrected chi connectivity index (χ3v) is 5.12. The molecule has 3 N–H and O–H groups in total. The first-order chi connectivity index (χ1) is 15.7. The Kier molecular flexibility index (Phi) is 4.86. The molecular weight excluding hydrogens is 410 g/mol. The fourth-order valence-corrected chi connectivity index (χ4v) is 3.53. The largest absolute Gasteiger partial charge is 0.493 e. The monoisotopic (exact) mass is 429 g/mol. The van der Waals surface area contributed by atoms with Crippen LogP contribution in [0.1, 0.15) is 5.56 Å².